The number of carbonyl (C=O) groups is 2. The molecule has 1 aliphatic rings. The second-order valence-electron chi connectivity index (χ2n) is 5.07. The highest BCUT2D eigenvalue weighted by atomic mass is 16.4. The number of aliphatic carboxylic acids is 1. The van der Waals surface area contributed by atoms with Crippen LogP contribution in [-0.2, 0) is 11.3 Å². The van der Waals surface area contributed by atoms with E-state index >= 15 is 0 Å². The fourth-order valence-corrected chi connectivity index (χ4v) is 2.53. The van der Waals surface area contributed by atoms with Crippen LogP contribution in [0.3, 0.4) is 0 Å². The number of urea groups is 1. The van der Waals surface area contributed by atoms with Crippen LogP contribution in [0.2, 0.25) is 0 Å². The van der Waals surface area contributed by atoms with Crippen molar-refractivity contribution in [3.8, 4) is 0 Å². The summed E-state index contributed by atoms with van der Waals surface area (Å²) in [7, 11) is 0. The van der Waals surface area contributed by atoms with Crippen molar-refractivity contribution in [1.82, 2.24) is 9.80 Å². The van der Waals surface area contributed by atoms with Gasteiger partial charge in [0.25, 0.3) is 0 Å². The number of hydrogen-bond acceptors (Lipinski definition) is 3. The van der Waals surface area contributed by atoms with Crippen LogP contribution in [0, 0.1) is 5.92 Å². The van der Waals surface area contributed by atoms with Crippen LogP contribution in [-0.4, -0.2) is 46.5 Å². The fourth-order valence-electron chi connectivity index (χ4n) is 2.53. The van der Waals surface area contributed by atoms with Gasteiger partial charge in [0.05, 0.1) is 12.8 Å². The average Bonchev–Trinajstić information content (AvgIpc) is 3.05. The van der Waals surface area contributed by atoms with Crippen LogP contribution in [0.15, 0.2) is 22.8 Å². The molecule has 1 saturated heterocycles. The van der Waals surface area contributed by atoms with E-state index in [9.17, 15) is 9.59 Å². The molecule has 110 valence electrons. The van der Waals surface area contributed by atoms with E-state index in [1.807, 2.05) is 13.0 Å². The van der Waals surface area contributed by atoms with Crippen molar-refractivity contribution in [2.45, 2.75) is 26.3 Å². The van der Waals surface area contributed by atoms with Crippen molar-refractivity contribution < 1.29 is 19.1 Å². The summed E-state index contributed by atoms with van der Waals surface area (Å²) in [5.41, 5.74) is 0. The van der Waals surface area contributed by atoms with E-state index in [1.165, 1.54) is 0 Å². The molecule has 0 bridgehead atoms. The molecule has 0 aromatic carbocycles. The minimum absolute atomic E-state index is 0.0446. The summed E-state index contributed by atoms with van der Waals surface area (Å²) in [6.45, 7) is 4.12. The van der Waals surface area contributed by atoms with Gasteiger partial charge in [-0.15, -0.1) is 0 Å². The first kappa shape index (κ1) is 14.4. The number of likely N-dealkylation sites (tertiary alicyclic amines) is 1. The molecule has 0 radical (unpaired) electrons. The molecule has 1 fully saturated rings. The Bertz CT molecular complexity index is 458. The second kappa shape index (κ2) is 6.45. The Morgan fingerprint density at radius 1 is 1.55 bits per heavy atom. The molecule has 6 heteroatoms. The van der Waals surface area contributed by atoms with Crippen molar-refractivity contribution in [1.29, 1.82) is 0 Å². The van der Waals surface area contributed by atoms with Crippen molar-refractivity contribution >= 4 is 12.0 Å². The smallest absolute Gasteiger partial charge is 0.320 e. The Kier molecular flexibility index (Phi) is 4.65. The number of nitrogens with zero attached hydrogens (tertiary/aromatic N) is 2. The number of rotatable bonds is 5. The Balaban J connectivity index is 1.91. The lowest BCUT2D eigenvalue weighted by molar-refractivity contribution is -0.138. The summed E-state index contributed by atoms with van der Waals surface area (Å²) >= 11 is 0. The molecule has 1 aliphatic heterocycles. The second-order valence-corrected chi connectivity index (χ2v) is 5.07. The highest BCUT2D eigenvalue weighted by Gasteiger charge is 2.30. The molecule has 0 spiro atoms. The largest absolute Gasteiger partial charge is 0.481 e. The number of carboxylic acid groups (broad SMARTS) is 1. The predicted octanol–water partition coefficient (Wildman–Crippen LogP) is 2.02. The zero-order valence-electron chi connectivity index (χ0n) is 11.6. The normalized spacial score (nSPS) is 18.2. The van der Waals surface area contributed by atoms with Gasteiger partial charge in [-0.25, -0.2) is 4.79 Å². The molecular formula is C14H20N2O4. The molecule has 2 rings (SSSR count). The van der Waals surface area contributed by atoms with Gasteiger partial charge in [-0.3, -0.25) is 4.79 Å². The Hall–Kier alpha value is -1.98. The minimum Gasteiger partial charge on any atom is -0.481 e. The average molecular weight is 280 g/mol. The SMILES string of the molecule is CCN(Cc1ccco1)C(=O)N1CCC(CC(=O)O)C1. The van der Waals surface area contributed by atoms with Gasteiger partial charge >= 0.3 is 12.0 Å². The molecule has 0 saturated carbocycles. The zero-order chi connectivity index (χ0) is 14.5. The zero-order valence-corrected chi connectivity index (χ0v) is 11.6. The molecule has 0 aliphatic carbocycles. The van der Waals surface area contributed by atoms with Crippen molar-refractivity contribution in [2.75, 3.05) is 19.6 Å². The van der Waals surface area contributed by atoms with E-state index in [1.54, 1.807) is 22.1 Å². The van der Waals surface area contributed by atoms with Gasteiger partial charge in [0, 0.05) is 26.1 Å². The van der Waals surface area contributed by atoms with Gasteiger partial charge in [0.2, 0.25) is 0 Å². The maximum absolute atomic E-state index is 12.4. The van der Waals surface area contributed by atoms with Crippen LogP contribution >= 0.6 is 0 Å². The molecule has 20 heavy (non-hydrogen) atoms. The molecule has 2 heterocycles. The molecular weight excluding hydrogens is 260 g/mol. The number of furan rings is 1. The Labute approximate surface area is 118 Å². The van der Waals surface area contributed by atoms with Crippen LogP contribution < -0.4 is 0 Å². The summed E-state index contributed by atoms with van der Waals surface area (Å²) in [5.74, 6) is 0.0208. The number of carboxylic acids is 1. The van der Waals surface area contributed by atoms with Crippen molar-refractivity contribution in [3.63, 3.8) is 0 Å². The van der Waals surface area contributed by atoms with E-state index in [0.29, 0.717) is 26.2 Å². The third kappa shape index (κ3) is 3.53. The number of carbonyl (C=O) groups excluding carboxylic acids is 1. The lowest BCUT2D eigenvalue weighted by Crippen LogP contribution is -2.41. The number of hydrogen-bond donors (Lipinski definition) is 1. The summed E-state index contributed by atoms with van der Waals surface area (Å²) in [4.78, 5) is 26.6. The Morgan fingerprint density at radius 2 is 2.35 bits per heavy atom. The summed E-state index contributed by atoms with van der Waals surface area (Å²) in [6.07, 6.45) is 2.48. The first-order valence-corrected chi connectivity index (χ1v) is 6.88. The third-order valence-corrected chi connectivity index (χ3v) is 3.60. The van der Waals surface area contributed by atoms with E-state index in [4.69, 9.17) is 9.52 Å². The predicted molar refractivity (Wildman–Crippen MR) is 72.1 cm³/mol. The highest BCUT2D eigenvalue weighted by Crippen LogP contribution is 2.21. The van der Waals surface area contributed by atoms with Gasteiger partial charge in [-0.2, -0.15) is 0 Å². The summed E-state index contributed by atoms with van der Waals surface area (Å²) in [5, 5.41) is 8.80. The van der Waals surface area contributed by atoms with Gasteiger partial charge in [0.15, 0.2) is 0 Å². The third-order valence-electron chi connectivity index (χ3n) is 3.60. The van der Waals surface area contributed by atoms with E-state index < -0.39 is 5.97 Å². The highest BCUT2D eigenvalue weighted by molar-refractivity contribution is 5.75. The standard InChI is InChI=1S/C14H20N2O4/c1-2-15(10-12-4-3-7-20-12)14(19)16-6-5-11(9-16)8-13(17)18/h3-4,7,11H,2,5-6,8-10H2,1H3,(H,17,18). The fraction of sp³-hybridized carbons (Fsp3) is 0.571. The maximum atomic E-state index is 12.4. The van der Waals surface area contributed by atoms with Crippen molar-refractivity contribution in [3.05, 3.63) is 24.2 Å². The van der Waals surface area contributed by atoms with E-state index in [2.05, 4.69) is 0 Å². The summed E-state index contributed by atoms with van der Waals surface area (Å²) < 4.78 is 5.26. The molecule has 2 amide bonds. The van der Waals surface area contributed by atoms with Gasteiger partial charge in [-0.1, -0.05) is 0 Å². The summed E-state index contributed by atoms with van der Waals surface area (Å²) in [6, 6.07) is 3.59. The van der Waals surface area contributed by atoms with Crippen LogP contribution in [0.4, 0.5) is 4.79 Å². The van der Waals surface area contributed by atoms with Gasteiger partial charge in [0.1, 0.15) is 5.76 Å². The molecule has 1 aromatic rings. The lowest BCUT2D eigenvalue weighted by Gasteiger charge is -2.26. The number of amides is 2. The lowest BCUT2D eigenvalue weighted by atomic mass is 10.1. The first-order valence-electron chi connectivity index (χ1n) is 6.88. The first-order chi connectivity index (χ1) is 9.60. The van der Waals surface area contributed by atoms with Gasteiger partial charge < -0.3 is 19.3 Å². The quantitative estimate of drug-likeness (QED) is 0.895. The molecule has 6 nitrogen and oxygen atoms in total. The van der Waals surface area contributed by atoms with Crippen LogP contribution in [0.25, 0.3) is 0 Å². The minimum atomic E-state index is -0.799. The Morgan fingerprint density at radius 3 is 2.95 bits per heavy atom. The van der Waals surface area contributed by atoms with Crippen LogP contribution in [0.1, 0.15) is 25.5 Å². The molecule has 1 aromatic heterocycles. The van der Waals surface area contributed by atoms with Crippen LogP contribution in [0.5, 0.6) is 0 Å². The van der Waals surface area contributed by atoms with Crippen molar-refractivity contribution in [2.24, 2.45) is 5.92 Å². The molecule has 1 unspecified atom stereocenters. The topological polar surface area (TPSA) is 74.0 Å². The van der Waals surface area contributed by atoms with Gasteiger partial charge in [-0.05, 0) is 31.4 Å². The van der Waals surface area contributed by atoms with E-state index in [-0.39, 0.29) is 18.4 Å². The monoisotopic (exact) mass is 280 g/mol. The van der Waals surface area contributed by atoms with E-state index in [0.717, 1.165) is 12.2 Å². The molecule has 1 N–H and O–H groups in total. The maximum Gasteiger partial charge on any atom is 0.320 e. The molecule has 1 atom stereocenters.